The number of nitrogens with zero attached hydrogens (tertiary/aromatic N) is 4. The molecule has 1 aliphatic rings. The molecule has 1 fully saturated rings. The van der Waals surface area contributed by atoms with Gasteiger partial charge in [-0.1, -0.05) is 13.8 Å². The molecule has 2 aromatic heterocycles. The molecule has 122 valence electrons. The molecule has 3 heterocycles. The Bertz CT molecular complexity index is 617. The van der Waals surface area contributed by atoms with Gasteiger partial charge >= 0.3 is 0 Å². The number of guanidine groups is 1. The lowest BCUT2D eigenvalue weighted by Crippen LogP contribution is -2.40. The molecule has 0 aliphatic carbocycles. The van der Waals surface area contributed by atoms with Crippen LogP contribution in [-0.2, 0) is 6.54 Å². The van der Waals surface area contributed by atoms with E-state index in [9.17, 15) is 0 Å². The predicted molar refractivity (Wildman–Crippen MR) is 103 cm³/mol. The Hall–Kier alpha value is -0.830. The first-order valence-corrected chi connectivity index (χ1v) is 8.40. The largest absolute Gasteiger partial charge is 0.357 e. The van der Waals surface area contributed by atoms with Crippen molar-refractivity contribution in [3.63, 3.8) is 0 Å². The molecular weight excluding hydrogens is 409 g/mol. The summed E-state index contributed by atoms with van der Waals surface area (Å²) in [6.07, 6.45) is 5.32. The van der Waals surface area contributed by atoms with Gasteiger partial charge in [0.2, 0.25) is 0 Å². The van der Waals surface area contributed by atoms with Crippen LogP contribution in [0.25, 0.3) is 4.96 Å². The molecule has 2 aromatic rings. The summed E-state index contributed by atoms with van der Waals surface area (Å²) in [5.74, 6) is 1.01. The van der Waals surface area contributed by atoms with E-state index in [2.05, 4.69) is 46.6 Å². The molecule has 0 aromatic carbocycles. The summed E-state index contributed by atoms with van der Waals surface area (Å²) in [6.45, 7) is 10.4. The zero-order valence-corrected chi connectivity index (χ0v) is 16.5. The van der Waals surface area contributed by atoms with E-state index in [1.54, 1.807) is 11.3 Å². The van der Waals surface area contributed by atoms with Gasteiger partial charge in [-0.25, -0.2) is 9.98 Å². The van der Waals surface area contributed by atoms with Crippen molar-refractivity contribution in [3.05, 3.63) is 23.5 Å². The fraction of sp³-hybridized carbons (Fsp3) is 0.600. The third-order valence-corrected chi connectivity index (χ3v) is 4.62. The molecule has 0 radical (unpaired) electrons. The highest BCUT2D eigenvalue weighted by Crippen LogP contribution is 2.28. The van der Waals surface area contributed by atoms with E-state index < -0.39 is 0 Å². The van der Waals surface area contributed by atoms with Gasteiger partial charge in [0.1, 0.15) is 0 Å². The Morgan fingerprint density at radius 2 is 2.32 bits per heavy atom. The maximum atomic E-state index is 4.77. The summed E-state index contributed by atoms with van der Waals surface area (Å²) < 4.78 is 2.06. The summed E-state index contributed by atoms with van der Waals surface area (Å²) in [5, 5.41) is 5.45. The first kappa shape index (κ1) is 17.5. The monoisotopic (exact) mass is 433 g/mol. The lowest BCUT2D eigenvalue weighted by atomic mass is 9.93. The molecule has 1 N–H and O–H groups in total. The SMILES string of the molecule is CCNC(=NCc1cn2ccsc2n1)N1CCC(C)(C)C1.I. The van der Waals surface area contributed by atoms with Crippen LogP contribution in [0.2, 0.25) is 0 Å². The number of thiazole rings is 1. The molecule has 0 spiro atoms. The standard InChI is InChI=1S/C15H23N5S.HI/c1-4-16-13(20-6-5-15(2,3)11-20)17-9-12-10-19-7-8-21-14(19)18-12;/h7-8,10H,4-6,9,11H2,1-3H3,(H,16,17);1H. The lowest BCUT2D eigenvalue weighted by molar-refractivity contribution is 0.370. The molecule has 0 saturated carbocycles. The minimum Gasteiger partial charge on any atom is -0.357 e. The Morgan fingerprint density at radius 1 is 1.50 bits per heavy atom. The topological polar surface area (TPSA) is 44.9 Å². The Morgan fingerprint density at radius 3 is 2.95 bits per heavy atom. The highest BCUT2D eigenvalue weighted by molar-refractivity contribution is 14.0. The number of aliphatic imine (C=N–C) groups is 1. The predicted octanol–water partition coefficient (Wildman–Crippen LogP) is 3.21. The van der Waals surface area contributed by atoms with E-state index in [4.69, 9.17) is 4.99 Å². The van der Waals surface area contributed by atoms with Crippen LogP contribution in [0, 0.1) is 5.41 Å². The van der Waals surface area contributed by atoms with Gasteiger partial charge in [-0.3, -0.25) is 4.40 Å². The van der Waals surface area contributed by atoms with E-state index in [0.29, 0.717) is 12.0 Å². The van der Waals surface area contributed by atoms with Gasteiger partial charge < -0.3 is 10.2 Å². The van der Waals surface area contributed by atoms with Crippen LogP contribution in [-0.4, -0.2) is 39.9 Å². The summed E-state index contributed by atoms with van der Waals surface area (Å²) in [6, 6.07) is 0. The van der Waals surface area contributed by atoms with Crippen molar-refractivity contribution in [2.24, 2.45) is 10.4 Å². The van der Waals surface area contributed by atoms with Crippen molar-refractivity contribution in [2.75, 3.05) is 19.6 Å². The zero-order chi connectivity index (χ0) is 14.9. The molecular formula is C15H24IN5S. The maximum absolute atomic E-state index is 4.77. The van der Waals surface area contributed by atoms with E-state index in [0.717, 1.165) is 36.2 Å². The molecule has 5 nitrogen and oxygen atoms in total. The van der Waals surface area contributed by atoms with Crippen LogP contribution in [0.3, 0.4) is 0 Å². The minimum atomic E-state index is 0. The second-order valence-electron chi connectivity index (χ2n) is 6.33. The third kappa shape index (κ3) is 3.92. The second kappa shape index (κ2) is 7.16. The first-order chi connectivity index (χ1) is 10.1. The van der Waals surface area contributed by atoms with Crippen LogP contribution in [0.4, 0.5) is 0 Å². The molecule has 3 rings (SSSR count). The zero-order valence-electron chi connectivity index (χ0n) is 13.4. The molecule has 7 heteroatoms. The van der Waals surface area contributed by atoms with Gasteiger partial charge in [-0.05, 0) is 18.8 Å². The van der Waals surface area contributed by atoms with Crippen molar-refractivity contribution in [1.82, 2.24) is 19.6 Å². The van der Waals surface area contributed by atoms with E-state index in [1.807, 2.05) is 11.6 Å². The molecule has 0 amide bonds. The number of rotatable bonds is 3. The maximum Gasteiger partial charge on any atom is 0.194 e. The van der Waals surface area contributed by atoms with Crippen LogP contribution in [0.15, 0.2) is 22.8 Å². The van der Waals surface area contributed by atoms with Crippen LogP contribution in [0.5, 0.6) is 0 Å². The van der Waals surface area contributed by atoms with Gasteiger partial charge in [-0.2, -0.15) is 0 Å². The fourth-order valence-electron chi connectivity index (χ4n) is 2.73. The molecule has 22 heavy (non-hydrogen) atoms. The summed E-state index contributed by atoms with van der Waals surface area (Å²) >= 11 is 1.66. The highest BCUT2D eigenvalue weighted by Gasteiger charge is 2.30. The normalized spacial score (nSPS) is 17.8. The number of halogens is 1. The van der Waals surface area contributed by atoms with Crippen molar-refractivity contribution < 1.29 is 0 Å². The van der Waals surface area contributed by atoms with Crippen molar-refractivity contribution >= 4 is 46.2 Å². The first-order valence-electron chi connectivity index (χ1n) is 7.52. The average molecular weight is 433 g/mol. The number of nitrogens with one attached hydrogen (secondary N) is 1. The fourth-order valence-corrected chi connectivity index (χ4v) is 3.45. The number of fused-ring (bicyclic) bond motifs is 1. The van der Waals surface area contributed by atoms with Crippen molar-refractivity contribution in [3.8, 4) is 0 Å². The number of hydrogen-bond acceptors (Lipinski definition) is 3. The average Bonchev–Trinajstić information content (AvgIpc) is 3.08. The van der Waals surface area contributed by atoms with E-state index >= 15 is 0 Å². The van der Waals surface area contributed by atoms with Gasteiger partial charge in [0.25, 0.3) is 0 Å². The highest BCUT2D eigenvalue weighted by atomic mass is 127. The number of imidazole rings is 1. The van der Waals surface area contributed by atoms with Gasteiger partial charge in [0.15, 0.2) is 10.9 Å². The third-order valence-electron chi connectivity index (χ3n) is 3.85. The number of hydrogen-bond donors (Lipinski definition) is 1. The van der Waals surface area contributed by atoms with E-state index in [1.165, 1.54) is 6.42 Å². The van der Waals surface area contributed by atoms with Gasteiger partial charge in [0, 0.05) is 37.4 Å². The number of likely N-dealkylation sites (tertiary alicyclic amines) is 1. The number of aromatic nitrogens is 2. The minimum absolute atomic E-state index is 0. The summed E-state index contributed by atoms with van der Waals surface area (Å²) in [5.41, 5.74) is 1.41. The van der Waals surface area contributed by atoms with Crippen LogP contribution in [0.1, 0.15) is 32.9 Å². The Kier molecular flexibility index (Phi) is 5.70. The van der Waals surface area contributed by atoms with Crippen molar-refractivity contribution in [1.29, 1.82) is 0 Å². The van der Waals surface area contributed by atoms with Crippen molar-refractivity contribution in [2.45, 2.75) is 33.7 Å². The van der Waals surface area contributed by atoms with Gasteiger partial charge in [-0.15, -0.1) is 35.3 Å². The lowest BCUT2D eigenvalue weighted by Gasteiger charge is -2.23. The van der Waals surface area contributed by atoms with E-state index in [-0.39, 0.29) is 24.0 Å². The Balaban J connectivity index is 0.00000176. The van der Waals surface area contributed by atoms with Crippen LogP contribution >= 0.6 is 35.3 Å². The summed E-state index contributed by atoms with van der Waals surface area (Å²) in [7, 11) is 0. The molecule has 0 unspecified atom stereocenters. The molecule has 0 bridgehead atoms. The quantitative estimate of drug-likeness (QED) is 0.460. The summed E-state index contributed by atoms with van der Waals surface area (Å²) in [4.78, 5) is 12.8. The van der Waals surface area contributed by atoms with Crippen LogP contribution < -0.4 is 5.32 Å². The Labute approximate surface area is 152 Å². The smallest absolute Gasteiger partial charge is 0.194 e. The molecule has 0 atom stereocenters. The second-order valence-corrected chi connectivity index (χ2v) is 7.20. The van der Waals surface area contributed by atoms with Gasteiger partial charge in [0.05, 0.1) is 12.2 Å². The molecule has 1 saturated heterocycles. The molecule has 1 aliphatic heterocycles.